The van der Waals surface area contributed by atoms with Gasteiger partial charge in [0.2, 0.25) is 0 Å². The molecule has 2 atom stereocenters. The first-order chi connectivity index (χ1) is 7.27. The van der Waals surface area contributed by atoms with Crippen LogP contribution < -0.4 is 11.1 Å². The van der Waals surface area contributed by atoms with Gasteiger partial charge in [0.25, 0.3) is 0 Å². The molecule has 1 aliphatic carbocycles. The van der Waals surface area contributed by atoms with Crippen LogP contribution in [-0.2, 0) is 4.74 Å². The lowest BCUT2D eigenvalue weighted by Gasteiger charge is -2.19. The first-order valence-electron chi connectivity index (χ1n) is 5.88. The molecule has 0 amide bonds. The summed E-state index contributed by atoms with van der Waals surface area (Å²) in [7, 11) is 1.70. The van der Waals surface area contributed by atoms with Crippen molar-refractivity contribution in [2.45, 2.75) is 37.8 Å². The van der Waals surface area contributed by atoms with Crippen LogP contribution in [0.2, 0.25) is 0 Å². The number of hydrogen-bond donors (Lipinski definition) is 3. The quantitative estimate of drug-likeness (QED) is 0.511. The Hall–Kier alpha value is -0.160. The van der Waals surface area contributed by atoms with Crippen LogP contribution in [0.4, 0.5) is 0 Å². The SMILES string of the molecule is COCC(CCCN)NCC(O)C1CC1. The average molecular weight is 216 g/mol. The Bertz CT molecular complexity index is 163. The van der Waals surface area contributed by atoms with Crippen LogP contribution in [0.1, 0.15) is 25.7 Å². The van der Waals surface area contributed by atoms with Gasteiger partial charge < -0.3 is 20.9 Å². The van der Waals surface area contributed by atoms with E-state index in [9.17, 15) is 5.11 Å². The zero-order chi connectivity index (χ0) is 11.1. The minimum Gasteiger partial charge on any atom is -0.392 e. The number of aliphatic hydroxyl groups is 1. The molecule has 4 heteroatoms. The highest BCUT2D eigenvalue weighted by Gasteiger charge is 2.29. The lowest BCUT2D eigenvalue weighted by atomic mass is 10.1. The van der Waals surface area contributed by atoms with E-state index in [-0.39, 0.29) is 6.10 Å². The van der Waals surface area contributed by atoms with E-state index in [1.54, 1.807) is 7.11 Å². The summed E-state index contributed by atoms with van der Waals surface area (Å²) in [5, 5.41) is 13.0. The first kappa shape index (κ1) is 12.9. The Morgan fingerprint density at radius 1 is 1.53 bits per heavy atom. The largest absolute Gasteiger partial charge is 0.392 e. The number of hydrogen-bond acceptors (Lipinski definition) is 4. The summed E-state index contributed by atoms with van der Waals surface area (Å²) < 4.78 is 5.12. The second-order valence-electron chi connectivity index (χ2n) is 4.40. The molecule has 1 saturated carbocycles. The van der Waals surface area contributed by atoms with Crippen molar-refractivity contribution in [2.75, 3.05) is 26.8 Å². The number of rotatable bonds is 9. The smallest absolute Gasteiger partial charge is 0.0692 e. The molecule has 4 nitrogen and oxygen atoms in total. The molecule has 0 radical (unpaired) electrons. The second-order valence-corrected chi connectivity index (χ2v) is 4.40. The van der Waals surface area contributed by atoms with E-state index in [0.717, 1.165) is 12.8 Å². The number of aliphatic hydroxyl groups excluding tert-OH is 1. The summed E-state index contributed by atoms with van der Waals surface area (Å²) in [5.41, 5.74) is 5.47. The molecule has 0 bridgehead atoms. The van der Waals surface area contributed by atoms with Crippen molar-refractivity contribution in [2.24, 2.45) is 11.7 Å². The minimum atomic E-state index is -0.178. The molecule has 90 valence electrons. The van der Waals surface area contributed by atoms with Crippen molar-refractivity contribution in [3.63, 3.8) is 0 Å². The van der Waals surface area contributed by atoms with Crippen LogP contribution in [-0.4, -0.2) is 44.1 Å². The third-order valence-electron chi connectivity index (χ3n) is 2.91. The second kappa shape index (κ2) is 7.17. The van der Waals surface area contributed by atoms with Gasteiger partial charge in [0.1, 0.15) is 0 Å². The van der Waals surface area contributed by atoms with E-state index in [0.29, 0.717) is 31.7 Å². The fourth-order valence-electron chi connectivity index (χ4n) is 1.74. The van der Waals surface area contributed by atoms with Crippen molar-refractivity contribution in [3.8, 4) is 0 Å². The zero-order valence-electron chi connectivity index (χ0n) is 9.61. The van der Waals surface area contributed by atoms with Gasteiger partial charge in [-0.1, -0.05) is 0 Å². The third-order valence-corrected chi connectivity index (χ3v) is 2.91. The summed E-state index contributed by atoms with van der Waals surface area (Å²) in [6.07, 6.45) is 4.20. The lowest BCUT2D eigenvalue weighted by molar-refractivity contribution is 0.123. The van der Waals surface area contributed by atoms with Crippen LogP contribution in [0.5, 0.6) is 0 Å². The van der Waals surface area contributed by atoms with Gasteiger partial charge in [0, 0.05) is 19.7 Å². The Morgan fingerprint density at radius 2 is 2.27 bits per heavy atom. The molecular formula is C11H24N2O2. The Balaban J connectivity index is 2.11. The predicted octanol–water partition coefficient (Wildman–Crippen LogP) is 0.101. The maximum absolute atomic E-state index is 9.70. The summed E-state index contributed by atoms with van der Waals surface area (Å²) in [6.45, 7) is 2.09. The molecule has 0 spiro atoms. The normalized spacial score (nSPS) is 20.2. The maximum Gasteiger partial charge on any atom is 0.0692 e. The molecule has 0 saturated heterocycles. The van der Waals surface area contributed by atoms with Gasteiger partial charge in [-0.15, -0.1) is 0 Å². The molecular weight excluding hydrogens is 192 g/mol. The molecule has 0 aromatic carbocycles. The van der Waals surface area contributed by atoms with E-state index in [4.69, 9.17) is 10.5 Å². The van der Waals surface area contributed by atoms with E-state index < -0.39 is 0 Å². The summed E-state index contributed by atoms with van der Waals surface area (Å²) in [4.78, 5) is 0. The number of ether oxygens (including phenoxy) is 1. The van der Waals surface area contributed by atoms with E-state index in [1.165, 1.54) is 12.8 Å². The number of nitrogens with one attached hydrogen (secondary N) is 1. The van der Waals surface area contributed by atoms with Crippen LogP contribution in [0, 0.1) is 5.92 Å². The molecule has 0 aromatic heterocycles. The zero-order valence-corrected chi connectivity index (χ0v) is 9.61. The monoisotopic (exact) mass is 216 g/mol. The van der Waals surface area contributed by atoms with Gasteiger partial charge in [0.15, 0.2) is 0 Å². The lowest BCUT2D eigenvalue weighted by Crippen LogP contribution is -2.39. The van der Waals surface area contributed by atoms with Gasteiger partial charge >= 0.3 is 0 Å². The van der Waals surface area contributed by atoms with Gasteiger partial charge in [-0.3, -0.25) is 0 Å². The molecule has 0 aliphatic heterocycles. The number of methoxy groups -OCH3 is 1. The summed E-state index contributed by atoms with van der Waals surface area (Å²) in [6, 6.07) is 0.326. The fourth-order valence-corrected chi connectivity index (χ4v) is 1.74. The van der Waals surface area contributed by atoms with Gasteiger partial charge in [-0.25, -0.2) is 0 Å². The highest BCUT2D eigenvalue weighted by atomic mass is 16.5. The molecule has 2 unspecified atom stereocenters. The molecule has 15 heavy (non-hydrogen) atoms. The average Bonchev–Trinajstić information content (AvgIpc) is 3.05. The van der Waals surface area contributed by atoms with Crippen LogP contribution in [0.25, 0.3) is 0 Å². The highest BCUT2D eigenvalue weighted by Crippen LogP contribution is 2.32. The summed E-state index contributed by atoms with van der Waals surface area (Å²) in [5.74, 6) is 0.537. The van der Waals surface area contributed by atoms with Crippen molar-refractivity contribution in [3.05, 3.63) is 0 Å². The van der Waals surface area contributed by atoms with Crippen molar-refractivity contribution in [1.82, 2.24) is 5.32 Å². The van der Waals surface area contributed by atoms with E-state index in [2.05, 4.69) is 5.32 Å². The van der Waals surface area contributed by atoms with Gasteiger partial charge in [-0.05, 0) is 38.1 Å². The molecule has 1 rings (SSSR count). The van der Waals surface area contributed by atoms with Gasteiger partial charge in [0.05, 0.1) is 12.7 Å². The van der Waals surface area contributed by atoms with Crippen LogP contribution in [0.3, 0.4) is 0 Å². The summed E-state index contributed by atoms with van der Waals surface area (Å²) >= 11 is 0. The Morgan fingerprint density at radius 3 is 2.80 bits per heavy atom. The maximum atomic E-state index is 9.70. The van der Waals surface area contributed by atoms with Crippen molar-refractivity contribution >= 4 is 0 Å². The van der Waals surface area contributed by atoms with E-state index in [1.807, 2.05) is 0 Å². The highest BCUT2D eigenvalue weighted by molar-refractivity contribution is 4.83. The molecule has 4 N–H and O–H groups in total. The first-order valence-corrected chi connectivity index (χ1v) is 5.88. The fraction of sp³-hybridized carbons (Fsp3) is 1.00. The number of nitrogens with two attached hydrogens (primary N) is 1. The molecule has 1 aliphatic rings. The van der Waals surface area contributed by atoms with Gasteiger partial charge in [-0.2, -0.15) is 0 Å². The Kier molecular flexibility index (Phi) is 6.17. The van der Waals surface area contributed by atoms with Crippen molar-refractivity contribution < 1.29 is 9.84 Å². The minimum absolute atomic E-state index is 0.178. The molecule has 0 aromatic rings. The van der Waals surface area contributed by atoms with E-state index >= 15 is 0 Å². The molecule has 0 heterocycles. The standard InChI is InChI=1S/C11H24N2O2/c1-15-8-10(3-2-6-12)13-7-11(14)9-4-5-9/h9-11,13-14H,2-8,12H2,1H3. The predicted molar refractivity (Wildman–Crippen MR) is 60.7 cm³/mol. The third kappa shape index (κ3) is 5.47. The Labute approximate surface area is 92.2 Å². The molecule has 1 fully saturated rings. The van der Waals surface area contributed by atoms with Crippen LogP contribution in [0.15, 0.2) is 0 Å². The topological polar surface area (TPSA) is 67.5 Å². The van der Waals surface area contributed by atoms with Crippen LogP contribution >= 0.6 is 0 Å². The van der Waals surface area contributed by atoms with Crippen molar-refractivity contribution in [1.29, 1.82) is 0 Å².